The van der Waals surface area contributed by atoms with Gasteiger partial charge in [0.05, 0.1) is 0 Å². The van der Waals surface area contributed by atoms with Crippen LogP contribution in [0.4, 0.5) is 0 Å². The average molecular weight is 447 g/mol. The van der Waals surface area contributed by atoms with Crippen LogP contribution in [0, 0.1) is 0 Å². The summed E-state index contributed by atoms with van der Waals surface area (Å²) in [6.07, 6.45) is 3.77. The molecule has 0 nitrogen and oxygen atoms in total. The fraction of sp³-hybridized carbons (Fsp3) is 0.647. The zero-order valence-corrected chi connectivity index (χ0v) is 19.1. The molecule has 21 heavy (non-hydrogen) atoms. The van der Waals surface area contributed by atoms with E-state index in [-0.39, 0.29) is 24.6 Å². The van der Waals surface area contributed by atoms with Crippen LogP contribution in [0.5, 0.6) is 0 Å². The molecule has 0 amide bonds. The monoisotopic (exact) mass is 448 g/mol. The Labute approximate surface area is 154 Å². The first-order valence-electron chi connectivity index (χ1n) is 7.92. The molecule has 0 aliphatic carbocycles. The summed E-state index contributed by atoms with van der Waals surface area (Å²) in [7, 11) is 0. The number of rotatable bonds is 11. The molecule has 0 N–H and O–H groups in total. The van der Waals surface area contributed by atoms with Crippen molar-refractivity contribution in [3.05, 3.63) is 29.8 Å². The maximum absolute atomic E-state index is 2.41. The van der Waals surface area contributed by atoms with Gasteiger partial charge in [0.25, 0.3) is 0 Å². The Bertz CT molecular complexity index is 356. The molecule has 0 unspecified atom stereocenters. The summed E-state index contributed by atoms with van der Waals surface area (Å²) in [6, 6.07) is 9.60. The number of benzene rings is 1. The standard InChI is InChI=1S/C16H25S3.CH3.Sn/c1-4-12-17-16(18-13-5-2,19-14-6-3)15-10-8-7-9-11-15;;/h8-11H,4-6,12-14H2,1-3H3;1H3;. The van der Waals surface area contributed by atoms with Gasteiger partial charge in [-0.05, 0) is 0 Å². The Morgan fingerprint density at radius 2 is 1.24 bits per heavy atom. The van der Waals surface area contributed by atoms with Gasteiger partial charge in [-0.1, -0.05) is 0 Å². The van der Waals surface area contributed by atoms with E-state index in [9.17, 15) is 0 Å². The summed E-state index contributed by atoms with van der Waals surface area (Å²) in [4.78, 5) is 2.40. The van der Waals surface area contributed by atoms with Crippen molar-refractivity contribution in [2.75, 3.05) is 17.3 Å². The van der Waals surface area contributed by atoms with E-state index in [0.717, 1.165) is 0 Å². The molecule has 0 saturated carbocycles. The molecule has 4 heteroatoms. The summed E-state index contributed by atoms with van der Waals surface area (Å²) >= 11 is 6.17. The number of hydrogen-bond acceptors (Lipinski definition) is 3. The molecule has 0 aliphatic rings. The normalized spacial score (nSPS) is 11.8. The van der Waals surface area contributed by atoms with Gasteiger partial charge < -0.3 is 0 Å². The molecule has 0 heterocycles. The van der Waals surface area contributed by atoms with E-state index in [4.69, 9.17) is 0 Å². The van der Waals surface area contributed by atoms with Crippen molar-refractivity contribution in [3.8, 4) is 0 Å². The van der Waals surface area contributed by atoms with Crippen molar-refractivity contribution in [1.82, 2.24) is 0 Å². The van der Waals surface area contributed by atoms with Gasteiger partial charge >= 0.3 is 155 Å². The van der Waals surface area contributed by atoms with Crippen molar-refractivity contribution >= 4 is 60.0 Å². The predicted molar refractivity (Wildman–Crippen MR) is 108 cm³/mol. The molecular weight excluding hydrogens is 419 g/mol. The van der Waals surface area contributed by atoms with E-state index >= 15 is 0 Å². The molecule has 0 atom stereocenters. The van der Waals surface area contributed by atoms with Crippen molar-refractivity contribution in [2.24, 2.45) is 0 Å². The topological polar surface area (TPSA) is 0 Å². The molecule has 0 bridgehead atoms. The second kappa shape index (κ2) is 11.6. The van der Waals surface area contributed by atoms with E-state index in [2.05, 4.69) is 85.3 Å². The second-order valence-corrected chi connectivity index (χ2v) is 12.7. The number of hydrogen-bond donors (Lipinski definition) is 0. The van der Waals surface area contributed by atoms with E-state index in [1.807, 2.05) is 0 Å². The SMILES string of the molecule is CCCSC(SCCC)(SCCC)c1cc[c]([Sn][CH3])cc1. The molecule has 0 saturated heterocycles. The molecular formula is C17H28S3Sn. The van der Waals surface area contributed by atoms with Crippen molar-refractivity contribution < 1.29 is 0 Å². The van der Waals surface area contributed by atoms with Crippen molar-refractivity contribution in [3.63, 3.8) is 0 Å². The molecule has 1 aromatic rings. The first-order valence-corrected chi connectivity index (χ1v) is 15.2. The third-order valence-corrected chi connectivity index (χ3v) is 11.4. The summed E-state index contributed by atoms with van der Waals surface area (Å²) in [5, 5.41) is 0. The van der Waals surface area contributed by atoms with Gasteiger partial charge in [0.15, 0.2) is 0 Å². The zero-order valence-electron chi connectivity index (χ0n) is 13.8. The van der Waals surface area contributed by atoms with Gasteiger partial charge in [-0.25, -0.2) is 0 Å². The van der Waals surface area contributed by atoms with Crippen LogP contribution in [0.2, 0.25) is 4.94 Å². The predicted octanol–water partition coefficient (Wildman–Crippen LogP) is 5.60. The summed E-state index contributed by atoms with van der Waals surface area (Å²) in [5.41, 5.74) is 1.52. The van der Waals surface area contributed by atoms with Crippen LogP contribution >= 0.6 is 35.3 Å². The van der Waals surface area contributed by atoms with Crippen LogP contribution in [0.15, 0.2) is 24.3 Å². The van der Waals surface area contributed by atoms with Gasteiger partial charge in [0.1, 0.15) is 0 Å². The van der Waals surface area contributed by atoms with Gasteiger partial charge in [-0.3, -0.25) is 0 Å². The van der Waals surface area contributed by atoms with Crippen LogP contribution < -0.4 is 3.58 Å². The molecule has 1 aromatic carbocycles. The quantitative estimate of drug-likeness (QED) is 0.320. The van der Waals surface area contributed by atoms with Gasteiger partial charge in [0, 0.05) is 0 Å². The Balaban J connectivity index is 3.02. The molecule has 2 radical (unpaired) electrons. The fourth-order valence-corrected chi connectivity index (χ4v) is 8.18. The molecule has 1 rings (SSSR count). The van der Waals surface area contributed by atoms with Crippen LogP contribution in [0.25, 0.3) is 0 Å². The second-order valence-electron chi connectivity index (χ2n) is 4.93. The van der Waals surface area contributed by atoms with Crippen LogP contribution in [-0.4, -0.2) is 38.4 Å². The van der Waals surface area contributed by atoms with Crippen molar-refractivity contribution in [2.45, 2.75) is 48.4 Å². The molecule has 0 fully saturated rings. The maximum atomic E-state index is 2.41. The van der Waals surface area contributed by atoms with E-state index in [1.165, 1.54) is 42.1 Å². The molecule has 0 spiro atoms. The van der Waals surface area contributed by atoms with E-state index in [0.29, 0.717) is 0 Å². The Hall–Kier alpha value is 1.07. The van der Waals surface area contributed by atoms with Crippen molar-refractivity contribution in [1.29, 1.82) is 0 Å². The average Bonchev–Trinajstić information content (AvgIpc) is 2.55. The molecule has 118 valence electrons. The molecule has 0 aromatic heterocycles. The molecule has 0 aliphatic heterocycles. The van der Waals surface area contributed by atoms with Gasteiger partial charge in [-0.2, -0.15) is 0 Å². The zero-order chi connectivity index (χ0) is 15.6. The van der Waals surface area contributed by atoms with Crippen LogP contribution in [0.1, 0.15) is 45.6 Å². The Morgan fingerprint density at radius 1 is 0.810 bits per heavy atom. The first kappa shape index (κ1) is 20.1. The Morgan fingerprint density at radius 3 is 1.57 bits per heavy atom. The van der Waals surface area contributed by atoms with Gasteiger partial charge in [0.2, 0.25) is 0 Å². The fourth-order valence-electron chi connectivity index (χ4n) is 1.93. The van der Waals surface area contributed by atoms with E-state index in [1.54, 1.807) is 3.58 Å². The third kappa shape index (κ3) is 6.60. The van der Waals surface area contributed by atoms with Crippen LogP contribution in [-0.2, 0) is 3.41 Å². The van der Waals surface area contributed by atoms with E-state index < -0.39 is 0 Å². The van der Waals surface area contributed by atoms with Gasteiger partial charge in [-0.15, -0.1) is 0 Å². The first-order chi connectivity index (χ1) is 10.2. The summed E-state index contributed by atoms with van der Waals surface area (Å²) in [5.74, 6) is 3.75. The minimum absolute atomic E-state index is 0.208. The minimum atomic E-state index is -0.297. The van der Waals surface area contributed by atoms with Crippen LogP contribution in [0.3, 0.4) is 0 Å². The summed E-state index contributed by atoms with van der Waals surface area (Å²) in [6.45, 7) is 6.87. The summed E-state index contributed by atoms with van der Waals surface area (Å²) < 4.78 is 1.82. The Kier molecular flexibility index (Phi) is 11.1. The number of thioether (sulfide) groups is 3. The third-order valence-electron chi connectivity index (χ3n) is 3.02.